The van der Waals surface area contributed by atoms with Crippen molar-refractivity contribution >= 4 is 11.8 Å². The van der Waals surface area contributed by atoms with E-state index >= 15 is 0 Å². The molecule has 1 N–H and O–H groups in total. The van der Waals surface area contributed by atoms with Crippen molar-refractivity contribution in [3.8, 4) is 0 Å². The minimum absolute atomic E-state index is 0.0617. The number of aromatic nitrogens is 2. The first kappa shape index (κ1) is 18.2. The lowest BCUT2D eigenvalue weighted by Gasteiger charge is -2.36. The fourth-order valence-electron chi connectivity index (χ4n) is 3.48. The first-order chi connectivity index (χ1) is 12.6. The highest BCUT2D eigenvalue weighted by molar-refractivity contribution is 5.94. The molecule has 6 nitrogen and oxygen atoms in total. The van der Waals surface area contributed by atoms with Crippen molar-refractivity contribution in [2.45, 2.75) is 45.2 Å². The molecule has 1 aliphatic rings. The van der Waals surface area contributed by atoms with E-state index in [1.165, 1.54) is 0 Å². The summed E-state index contributed by atoms with van der Waals surface area (Å²) in [5, 5.41) is 2.97. The Hall–Kier alpha value is -2.63. The van der Waals surface area contributed by atoms with Gasteiger partial charge in [-0.25, -0.2) is 4.98 Å². The van der Waals surface area contributed by atoms with E-state index in [4.69, 9.17) is 0 Å². The Labute approximate surface area is 154 Å². The molecule has 0 saturated carbocycles. The van der Waals surface area contributed by atoms with Gasteiger partial charge in [0, 0.05) is 37.1 Å². The van der Waals surface area contributed by atoms with Gasteiger partial charge in [0.25, 0.3) is 5.91 Å². The van der Waals surface area contributed by atoms with Gasteiger partial charge < -0.3 is 14.8 Å². The van der Waals surface area contributed by atoms with Crippen molar-refractivity contribution in [1.82, 2.24) is 19.8 Å². The molecule has 0 bridgehead atoms. The van der Waals surface area contributed by atoms with Gasteiger partial charge in [-0.3, -0.25) is 9.59 Å². The zero-order valence-corrected chi connectivity index (χ0v) is 15.2. The van der Waals surface area contributed by atoms with E-state index in [0.29, 0.717) is 18.7 Å². The summed E-state index contributed by atoms with van der Waals surface area (Å²) in [7, 11) is 0. The molecule has 1 aromatic carbocycles. The average Bonchev–Trinajstić information content (AvgIpc) is 3.07. The van der Waals surface area contributed by atoms with Crippen LogP contribution in [0.1, 0.15) is 41.9 Å². The molecule has 1 atom stereocenters. The second-order valence-corrected chi connectivity index (χ2v) is 6.75. The minimum atomic E-state index is -0.0617. The lowest BCUT2D eigenvalue weighted by Crippen LogP contribution is -2.46. The van der Waals surface area contributed by atoms with E-state index in [1.54, 1.807) is 18.3 Å². The normalized spacial score (nSPS) is 17.1. The molecule has 1 fully saturated rings. The Balaban J connectivity index is 1.53. The van der Waals surface area contributed by atoms with Crippen molar-refractivity contribution in [1.29, 1.82) is 0 Å². The summed E-state index contributed by atoms with van der Waals surface area (Å²) in [5.41, 5.74) is 0.666. The Morgan fingerprint density at radius 2 is 2.04 bits per heavy atom. The van der Waals surface area contributed by atoms with Crippen molar-refractivity contribution in [2.75, 3.05) is 13.1 Å². The number of nitrogens with zero attached hydrogens (tertiary/aromatic N) is 3. The maximum atomic E-state index is 12.7. The van der Waals surface area contributed by atoms with Crippen LogP contribution in [0.5, 0.6) is 0 Å². The molecule has 2 aromatic rings. The molecule has 138 valence electrons. The third-order valence-electron chi connectivity index (χ3n) is 4.98. The highest BCUT2D eigenvalue weighted by atomic mass is 16.2. The first-order valence-electron chi connectivity index (χ1n) is 9.25. The standard InChI is InChI=1S/C20H26N4O2/c1-16-21-12-14-23(16)15-19(25)24-13-6-5-9-18(24)10-11-22-20(26)17-7-3-2-4-8-17/h2-4,7-8,12,14,18H,5-6,9-11,13,15H2,1H3,(H,22,26)/t18-/m1/s1. The summed E-state index contributed by atoms with van der Waals surface area (Å²) < 4.78 is 1.88. The number of nitrogens with one attached hydrogen (secondary N) is 1. The minimum Gasteiger partial charge on any atom is -0.352 e. The summed E-state index contributed by atoms with van der Waals surface area (Å²) >= 11 is 0. The third kappa shape index (κ3) is 4.50. The van der Waals surface area contributed by atoms with E-state index in [-0.39, 0.29) is 17.9 Å². The monoisotopic (exact) mass is 354 g/mol. The molecule has 0 spiro atoms. The summed E-state index contributed by atoms with van der Waals surface area (Å²) in [4.78, 5) is 31.0. The summed E-state index contributed by atoms with van der Waals surface area (Å²) in [6.07, 6.45) is 7.51. The van der Waals surface area contributed by atoms with E-state index in [0.717, 1.165) is 38.1 Å². The number of carbonyl (C=O) groups is 2. The second kappa shape index (κ2) is 8.65. The molecule has 0 unspecified atom stereocenters. The van der Waals surface area contributed by atoms with Gasteiger partial charge in [-0.2, -0.15) is 0 Å². The summed E-state index contributed by atoms with van der Waals surface area (Å²) in [5.74, 6) is 0.917. The number of amides is 2. The highest BCUT2D eigenvalue weighted by Crippen LogP contribution is 2.20. The maximum Gasteiger partial charge on any atom is 0.251 e. The molecule has 1 aliphatic heterocycles. The van der Waals surface area contributed by atoms with Crippen molar-refractivity contribution in [3.05, 3.63) is 54.1 Å². The Kier molecular flexibility index (Phi) is 6.04. The number of aryl methyl sites for hydroxylation is 1. The van der Waals surface area contributed by atoms with Crippen LogP contribution in [0.3, 0.4) is 0 Å². The van der Waals surface area contributed by atoms with Crippen LogP contribution in [0.4, 0.5) is 0 Å². The molecular weight excluding hydrogens is 328 g/mol. The van der Waals surface area contributed by atoms with Crippen LogP contribution >= 0.6 is 0 Å². The van der Waals surface area contributed by atoms with E-state index in [1.807, 2.05) is 40.8 Å². The van der Waals surface area contributed by atoms with Crippen LogP contribution in [-0.2, 0) is 11.3 Å². The SMILES string of the molecule is Cc1nccn1CC(=O)N1CCCC[C@@H]1CCNC(=O)c1ccccc1. The molecule has 6 heteroatoms. The number of hydrogen-bond acceptors (Lipinski definition) is 3. The highest BCUT2D eigenvalue weighted by Gasteiger charge is 2.26. The summed E-state index contributed by atoms with van der Waals surface area (Å²) in [6.45, 7) is 3.61. The number of likely N-dealkylation sites (tertiary alicyclic amines) is 1. The zero-order chi connectivity index (χ0) is 18.4. The van der Waals surface area contributed by atoms with Gasteiger partial charge in [0.15, 0.2) is 0 Å². The predicted molar refractivity (Wildman–Crippen MR) is 99.7 cm³/mol. The fraction of sp³-hybridized carbons (Fsp3) is 0.450. The predicted octanol–water partition coefficient (Wildman–Crippen LogP) is 2.39. The third-order valence-corrected chi connectivity index (χ3v) is 4.98. The lowest BCUT2D eigenvalue weighted by atomic mass is 9.99. The van der Waals surface area contributed by atoms with E-state index in [9.17, 15) is 9.59 Å². The topological polar surface area (TPSA) is 67.2 Å². The van der Waals surface area contributed by atoms with Gasteiger partial charge >= 0.3 is 0 Å². The molecule has 26 heavy (non-hydrogen) atoms. The maximum absolute atomic E-state index is 12.7. The van der Waals surface area contributed by atoms with Crippen LogP contribution in [0.25, 0.3) is 0 Å². The van der Waals surface area contributed by atoms with Crippen LogP contribution < -0.4 is 5.32 Å². The van der Waals surface area contributed by atoms with Crippen LogP contribution in [-0.4, -0.2) is 45.4 Å². The average molecular weight is 354 g/mol. The number of rotatable bonds is 6. The van der Waals surface area contributed by atoms with Gasteiger partial charge in [-0.1, -0.05) is 18.2 Å². The quantitative estimate of drug-likeness (QED) is 0.866. The molecule has 0 radical (unpaired) electrons. The van der Waals surface area contributed by atoms with Crippen molar-refractivity contribution in [2.24, 2.45) is 0 Å². The molecule has 2 heterocycles. The molecular formula is C20H26N4O2. The van der Waals surface area contributed by atoms with Gasteiger partial charge in [-0.15, -0.1) is 0 Å². The molecule has 1 saturated heterocycles. The Morgan fingerprint density at radius 3 is 2.77 bits per heavy atom. The number of hydrogen-bond donors (Lipinski definition) is 1. The number of piperidine rings is 1. The van der Waals surface area contributed by atoms with Crippen LogP contribution in [0, 0.1) is 6.92 Å². The largest absolute Gasteiger partial charge is 0.352 e. The smallest absolute Gasteiger partial charge is 0.251 e. The second-order valence-electron chi connectivity index (χ2n) is 6.75. The van der Waals surface area contributed by atoms with Crippen LogP contribution in [0.15, 0.2) is 42.7 Å². The molecule has 0 aliphatic carbocycles. The Morgan fingerprint density at radius 1 is 1.23 bits per heavy atom. The van der Waals surface area contributed by atoms with Crippen molar-refractivity contribution < 1.29 is 9.59 Å². The zero-order valence-electron chi connectivity index (χ0n) is 15.2. The Bertz CT molecular complexity index is 741. The molecule has 1 aromatic heterocycles. The molecule has 3 rings (SSSR count). The number of benzene rings is 1. The van der Waals surface area contributed by atoms with Gasteiger partial charge in [0.2, 0.25) is 5.91 Å². The molecule has 2 amide bonds. The summed E-state index contributed by atoms with van der Waals surface area (Å²) in [6, 6.07) is 9.40. The van der Waals surface area contributed by atoms with Gasteiger partial charge in [0.05, 0.1) is 0 Å². The lowest BCUT2D eigenvalue weighted by molar-refractivity contribution is -0.135. The van der Waals surface area contributed by atoms with E-state index in [2.05, 4.69) is 10.3 Å². The van der Waals surface area contributed by atoms with Crippen LogP contribution in [0.2, 0.25) is 0 Å². The van der Waals surface area contributed by atoms with E-state index < -0.39 is 0 Å². The number of carbonyl (C=O) groups excluding carboxylic acids is 2. The van der Waals surface area contributed by atoms with Gasteiger partial charge in [0.1, 0.15) is 12.4 Å². The first-order valence-corrected chi connectivity index (χ1v) is 9.25. The van der Waals surface area contributed by atoms with Gasteiger partial charge in [-0.05, 0) is 44.7 Å². The number of imidazole rings is 1. The fourth-order valence-corrected chi connectivity index (χ4v) is 3.48. The van der Waals surface area contributed by atoms with Crippen molar-refractivity contribution in [3.63, 3.8) is 0 Å².